The van der Waals surface area contributed by atoms with Crippen LogP contribution in [0.2, 0.25) is 0 Å². The molecule has 0 fully saturated rings. The molecule has 0 heterocycles. The Kier molecular flexibility index (Phi) is 60.6. The van der Waals surface area contributed by atoms with Crippen molar-refractivity contribution in [1.82, 2.24) is 0 Å². The molecule has 85 heavy (non-hydrogen) atoms. The number of unbranched alkanes of at least 4 members (excludes halogenated alkanes) is 16. The first-order valence-electron chi connectivity index (χ1n) is 33.3. The van der Waals surface area contributed by atoms with Gasteiger partial charge in [-0.1, -0.05) is 261 Å². The summed E-state index contributed by atoms with van der Waals surface area (Å²) in [5, 5.41) is 11.8. The van der Waals surface area contributed by atoms with Gasteiger partial charge in [0, 0.05) is 12.8 Å². The molecule has 478 valence electrons. The summed E-state index contributed by atoms with van der Waals surface area (Å²) in [7, 11) is 5.91. The van der Waals surface area contributed by atoms with Crippen LogP contribution >= 0.6 is 0 Å². The maximum absolute atomic E-state index is 12.9. The third kappa shape index (κ3) is 66.0. The minimum Gasteiger partial charge on any atom is -0.545 e. The van der Waals surface area contributed by atoms with Gasteiger partial charge in [-0.05, 0) is 128 Å². The summed E-state index contributed by atoms with van der Waals surface area (Å²) in [4.78, 5) is 37.5. The molecule has 0 amide bonds. The van der Waals surface area contributed by atoms with Crippen molar-refractivity contribution in [2.75, 3.05) is 47.5 Å². The first kappa shape index (κ1) is 79.7. The van der Waals surface area contributed by atoms with E-state index in [0.717, 1.165) is 141 Å². The van der Waals surface area contributed by atoms with Crippen LogP contribution in [0.15, 0.2) is 170 Å². The number of esters is 2. The van der Waals surface area contributed by atoms with Crippen molar-refractivity contribution in [3.8, 4) is 0 Å². The summed E-state index contributed by atoms with van der Waals surface area (Å²) in [5.74, 6) is -2.32. The number of rotatable bonds is 59. The molecule has 0 aromatic carbocycles. The molecule has 0 bridgehead atoms. The molecule has 0 rings (SSSR count). The number of carbonyl (C=O) groups excluding carboxylic acids is 3. The summed E-state index contributed by atoms with van der Waals surface area (Å²) < 4.78 is 22.7. The number of hydrogen-bond acceptors (Lipinski definition) is 8. The highest BCUT2D eigenvalue weighted by molar-refractivity contribution is 5.70. The fraction of sp³-hybridized carbons (Fsp3) is 0.592. The Balaban J connectivity index is 4.27. The van der Waals surface area contributed by atoms with Crippen LogP contribution in [-0.2, 0) is 33.3 Å². The van der Waals surface area contributed by atoms with Gasteiger partial charge in [0.2, 0.25) is 0 Å². The number of allylic oxidation sites excluding steroid dienone is 28. The van der Waals surface area contributed by atoms with Crippen molar-refractivity contribution in [2.24, 2.45) is 0 Å². The normalized spacial score (nSPS) is 13.8. The van der Waals surface area contributed by atoms with Crippen LogP contribution in [0.25, 0.3) is 0 Å². The minimum atomic E-state index is -1.64. The van der Waals surface area contributed by atoms with E-state index in [-0.39, 0.29) is 38.6 Å². The van der Waals surface area contributed by atoms with Crippen LogP contribution in [0.5, 0.6) is 0 Å². The number of nitrogens with zero attached hydrogens (tertiary/aromatic N) is 1. The Hall–Kier alpha value is -5.35. The number of ether oxygens (including phenoxy) is 4. The molecule has 0 N–H and O–H groups in total. The van der Waals surface area contributed by atoms with Gasteiger partial charge in [0.1, 0.15) is 13.2 Å². The summed E-state index contributed by atoms with van der Waals surface area (Å²) in [6, 6.07) is 0. The van der Waals surface area contributed by atoms with Crippen LogP contribution in [0.1, 0.15) is 232 Å². The van der Waals surface area contributed by atoms with Gasteiger partial charge in [-0.2, -0.15) is 0 Å². The quantitative estimate of drug-likeness (QED) is 0.0195. The average Bonchev–Trinajstić information content (AvgIpc) is 3.49. The fourth-order valence-corrected chi connectivity index (χ4v) is 8.44. The van der Waals surface area contributed by atoms with Gasteiger partial charge in [-0.15, -0.1) is 0 Å². The number of likely N-dealkylation sites (N-methyl/N-ethyl adjacent to an activating group) is 1. The van der Waals surface area contributed by atoms with Crippen LogP contribution in [0, 0.1) is 0 Å². The molecule has 9 nitrogen and oxygen atoms in total. The summed E-state index contributed by atoms with van der Waals surface area (Å²) in [6.45, 7) is 4.48. The van der Waals surface area contributed by atoms with Crippen molar-refractivity contribution in [3.05, 3.63) is 170 Å². The van der Waals surface area contributed by atoms with E-state index in [2.05, 4.69) is 184 Å². The first-order chi connectivity index (χ1) is 41.6. The topological polar surface area (TPSA) is 111 Å². The predicted octanol–water partition coefficient (Wildman–Crippen LogP) is 19.3. The van der Waals surface area contributed by atoms with Crippen molar-refractivity contribution in [3.63, 3.8) is 0 Å². The van der Waals surface area contributed by atoms with Crippen LogP contribution in [-0.4, -0.2) is 82.3 Å². The van der Waals surface area contributed by atoms with Crippen LogP contribution in [0.3, 0.4) is 0 Å². The SMILES string of the molecule is CC/C=C\C/C=C\C/C=C\C/C=C\C/C=C\C/C=C\C/C=C\CCCCCCCCCCCC(=O)OC(COC(=O)CCCCCCCCC/C=C\C/C=C\C/C=C\C/C=C\C/C=C\C/C=C\C/C=C\CC)COC(OCC[N+](C)(C)C)C(=O)[O-]. The second-order valence-corrected chi connectivity index (χ2v) is 22.6. The third-order valence-corrected chi connectivity index (χ3v) is 13.5. The molecule has 2 unspecified atom stereocenters. The van der Waals surface area contributed by atoms with Crippen LogP contribution in [0.4, 0.5) is 0 Å². The van der Waals surface area contributed by atoms with Gasteiger partial charge >= 0.3 is 11.9 Å². The van der Waals surface area contributed by atoms with E-state index in [1.54, 1.807) is 0 Å². The first-order valence-corrected chi connectivity index (χ1v) is 33.3. The van der Waals surface area contributed by atoms with E-state index < -0.39 is 24.3 Å². The third-order valence-electron chi connectivity index (χ3n) is 13.5. The van der Waals surface area contributed by atoms with Crippen molar-refractivity contribution >= 4 is 17.9 Å². The lowest BCUT2D eigenvalue weighted by Crippen LogP contribution is -2.44. The highest BCUT2D eigenvalue weighted by Gasteiger charge is 2.22. The summed E-state index contributed by atoms with van der Waals surface area (Å²) in [6.07, 6.45) is 94.1. The van der Waals surface area contributed by atoms with E-state index in [1.165, 1.54) is 51.4 Å². The number of carboxylic acids is 1. The van der Waals surface area contributed by atoms with Crippen molar-refractivity contribution in [2.45, 2.75) is 245 Å². The Morgan fingerprint density at radius 1 is 0.353 bits per heavy atom. The second-order valence-electron chi connectivity index (χ2n) is 22.6. The Morgan fingerprint density at radius 3 is 0.941 bits per heavy atom. The van der Waals surface area contributed by atoms with E-state index >= 15 is 0 Å². The largest absolute Gasteiger partial charge is 0.545 e. The molecule has 2 atom stereocenters. The van der Waals surface area contributed by atoms with Gasteiger partial charge in [0.05, 0.1) is 40.3 Å². The minimum absolute atomic E-state index is 0.135. The monoisotopic (exact) mass is 1180 g/mol. The maximum atomic E-state index is 12.9. The molecule has 0 aliphatic heterocycles. The van der Waals surface area contributed by atoms with E-state index in [9.17, 15) is 19.5 Å². The molecule has 0 aromatic rings. The zero-order chi connectivity index (χ0) is 61.9. The van der Waals surface area contributed by atoms with E-state index in [4.69, 9.17) is 18.9 Å². The van der Waals surface area contributed by atoms with Gasteiger partial charge < -0.3 is 33.3 Å². The summed E-state index contributed by atoms with van der Waals surface area (Å²) >= 11 is 0. The molecule has 0 radical (unpaired) electrons. The van der Waals surface area contributed by atoms with Crippen molar-refractivity contribution < 1.29 is 42.9 Å². The lowest BCUT2D eigenvalue weighted by Gasteiger charge is -2.26. The van der Waals surface area contributed by atoms with E-state index in [1.807, 2.05) is 21.1 Å². The maximum Gasteiger partial charge on any atom is 0.306 e. The molecule has 0 aliphatic carbocycles. The molecule has 9 heteroatoms. The van der Waals surface area contributed by atoms with Gasteiger partial charge in [0.25, 0.3) is 0 Å². The smallest absolute Gasteiger partial charge is 0.306 e. The fourth-order valence-electron chi connectivity index (χ4n) is 8.44. The zero-order valence-corrected chi connectivity index (χ0v) is 54.4. The number of carboxylic acid groups (broad SMARTS) is 1. The van der Waals surface area contributed by atoms with Gasteiger partial charge in [-0.25, -0.2) is 0 Å². The Labute approximate surface area is 520 Å². The lowest BCUT2D eigenvalue weighted by molar-refractivity contribution is -0.870. The Bertz CT molecular complexity index is 2000. The second kappa shape index (κ2) is 64.6. The highest BCUT2D eigenvalue weighted by atomic mass is 16.7. The molecular formula is C76H121NO8. The molecule has 0 aliphatic rings. The highest BCUT2D eigenvalue weighted by Crippen LogP contribution is 2.15. The molecule has 0 aromatic heterocycles. The summed E-state index contributed by atoms with van der Waals surface area (Å²) in [5.41, 5.74) is 0. The van der Waals surface area contributed by atoms with Gasteiger partial charge in [0.15, 0.2) is 12.4 Å². The number of hydrogen-bond donors (Lipinski definition) is 0. The number of quaternary nitrogens is 1. The van der Waals surface area contributed by atoms with Crippen LogP contribution < -0.4 is 5.11 Å². The van der Waals surface area contributed by atoms with Crippen molar-refractivity contribution in [1.29, 1.82) is 0 Å². The Morgan fingerprint density at radius 2 is 0.635 bits per heavy atom. The molecule has 0 saturated heterocycles. The average molecular weight is 1180 g/mol. The number of carbonyl (C=O) groups is 3. The predicted molar refractivity (Wildman–Crippen MR) is 361 cm³/mol. The molecule has 0 saturated carbocycles. The lowest BCUT2D eigenvalue weighted by atomic mass is 10.1. The zero-order valence-electron chi connectivity index (χ0n) is 54.4. The number of aliphatic carboxylic acids is 1. The molecular weight excluding hydrogens is 1050 g/mol. The van der Waals surface area contributed by atoms with Gasteiger partial charge in [-0.3, -0.25) is 9.59 Å². The van der Waals surface area contributed by atoms with E-state index in [0.29, 0.717) is 23.9 Å². The molecule has 0 spiro atoms. The standard InChI is InChI=1S/C76H121NO8/c1-6-8-10-12-14-16-18-20-22-24-26-28-30-32-34-36-37-39-41-43-45-47-49-51-53-55-57-59-61-63-65-67-74(79)85-72(71-84-76(75(80)81)82-69-68-77(3,4)5)70-83-73(78)66-64-62-60-58-56-54-52-50-48-46-44-42-40-38-35-33-31-29-27-25-23-21-19-17-15-13-11-9-7-2/h8-11,14-17,20-23,26-29,32-35,37,39-40,42-43,45-46,48,72,76H,6-7,12-13,18-19,24-25,30-31,36,38,41,44,47,49-71H2,1-5H3/b10-8-,11-9-,16-14-,17-15-,22-20-,23-21-,28-26-,29-27-,34-32-,35-33-,39-37-,42-40-,45-43-,48-46-.